The van der Waals surface area contributed by atoms with Gasteiger partial charge in [0.25, 0.3) is 5.91 Å². The van der Waals surface area contributed by atoms with Crippen molar-refractivity contribution >= 4 is 34.8 Å². The predicted octanol–water partition coefficient (Wildman–Crippen LogP) is 3.32. The first kappa shape index (κ1) is 33.1. The van der Waals surface area contributed by atoms with Gasteiger partial charge in [-0.25, -0.2) is 9.37 Å². The molecule has 3 rings (SSSR count). The van der Waals surface area contributed by atoms with Crippen LogP contribution in [0.1, 0.15) is 68.4 Å². The first-order chi connectivity index (χ1) is 20.3. The quantitative estimate of drug-likeness (QED) is 0.180. The molecule has 11 nitrogen and oxygen atoms in total. The van der Waals surface area contributed by atoms with Crippen LogP contribution in [0.3, 0.4) is 0 Å². The molecular formula is C31H37FN4O7. The number of aliphatic hydroxyl groups excluding tert-OH is 1. The Bertz CT molecular complexity index is 1450. The Morgan fingerprint density at radius 1 is 1.07 bits per heavy atom. The number of fused-ring (bicyclic) bond motifs is 1. The summed E-state index contributed by atoms with van der Waals surface area (Å²) in [6, 6.07) is 11.8. The first-order valence-electron chi connectivity index (χ1n) is 14.0. The van der Waals surface area contributed by atoms with Crippen molar-refractivity contribution in [2.24, 2.45) is 11.7 Å². The summed E-state index contributed by atoms with van der Waals surface area (Å²) in [7, 11) is 0. The first-order valence-corrected chi connectivity index (χ1v) is 14.0. The number of carboxylic acid groups (broad SMARTS) is 1. The van der Waals surface area contributed by atoms with Gasteiger partial charge < -0.3 is 26.0 Å². The highest BCUT2D eigenvalue weighted by atomic mass is 19.1. The molecule has 0 aliphatic heterocycles. The molecule has 0 spiro atoms. The van der Waals surface area contributed by atoms with Crippen molar-refractivity contribution in [2.75, 3.05) is 0 Å². The molecule has 3 aromatic rings. The van der Waals surface area contributed by atoms with Gasteiger partial charge in [0.1, 0.15) is 17.1 Å². The molecule has 0 unspecified atom stereocenters. The fourth-order valence-corrected chi connectivity index (χ4v) is 4.66. The summed E-state index contributed by atoms with van der Waals surface area (Å²) in [5, 5.41) is 22.8. The Balaban J connectivity index is 1.71. The van der Waals surface area contributed by atoms with Crippen molar-refractivity contribution < 1.29 is 38.5 Å². The highest BCUT2D eigenvalue weighted by molar-refractivity contribution is 5.94. The number of esters is 1. The Hall–Kier alpha value is -4.45. The molecule has 0 fully saturated rings. The number of amides is 2. The SMILES string of the molecule is CC(C)(CC[C@H](C[C@H](O)[C@H](Cc1cccc(F)c1)NC(=O)c1cnc2ccccc2n1)C(N)=O)OC(=O)CCCC(=O)O. The normalized spacial score (nSPS) is 13.6. The fourth-order valence-electron chi connectivity index (χ4n) is 4.66. The number of rotatable bonds is 16. The molecule has 0 saturated heterocycles. The lowest BCUT2D eigenvalue weighted by Crippen LogP contribution is -2.46. The van der Waals surface area contributed by atoms with Crippen LogP contribution in [0.15, 0.2) is 54.7 Å². The lowest BCUT2D eigenvalue weighted by molar-refractivity contribution is -0.157. The average Bonchev–Trinajstić information content (AvgIpc) is 2.93. The van der Waals surface area contributed by atoms with Crippen LogP contribution in [0, 0.1) is 11.7 Å². The van der Waals surface area contributed by atoms with Crippen molar-refractivity contribution in [1.82, 2.24) is 15.3 Å². The van der Waals surface area contributed by atoms with E-state index in [1.165, 1.54) is 24.4 Å². The summed E-state index contributed by atoms with van der Waals surface area (Å²) in [6.07, 6.45) is 0.307. The van der Waals surface area contributed by atoms with Crippen LogP contribution in [0.4, 0.5) is 4.39 Å². The molecule has 2 amide bonds. The van der Waals surface area contributed by atoms with Crippen LogP contribution in [-0.2, 0) is 25.5 Å². The summed E-state index contributed by atoms with van der Waals surface area (Å²) >= 11 is 0. The Morgan fingerprint density at radius 2 is 1.79 bits per heavy atom. The van der Waals surface area contributed by atoms with Gasteiger partial charge >= 0.3 is 11.9 Å². The highest BCUT2D eigenvalue weighted by Crippen LogP contribution is 2.25. The average molecular weight is 597 g/mol. The number of benzene rings is 2. The number of aliphatic hydroxyl groups is 1. The summed E-state index contributed by atoms with van der Waals surface area (Å²) in [5.41, 5.74) is 6.33. The van der Waals surface area contributed by atoms with Crippen LogP contribution in [-0.4, -0.2) is 61.7 Å². The fraction of sp³-hybridized carbons (Fsp3) is 0.419. The topological polar surface area (TPSA) is 182 Å². The number of aliphatic carboxylic acids is 1. The van der Waals surface area contributed by atoms with Gasteiger partial charge in [0, 0.05) is 18.8 Å². The molecule has 0 aliphatic rings. The monoisotopic (exact) mass is 596 g/mol. The number of halogens is 1. The van der Waals surface area contributed by atoms with E-state index in [9.17, 15) is 28.7 Å². The van der Waals surface area contributed by atoms with E-state index in [2.05, 4.69) is 15.3 Å². The molecule has 1 aromatic heterocycles. The maximum absolute atomic E-state index is 13.9. The number of para-hydroxylation sites is 2. The number of aromatic nitrogens is 2. The number of nitrogens with zero attached hydrogens (tertiary/aromatic N) is 2. The third-order valence-electron chi connectivity index (χ3n) is 6.99. The lowest BCUT2D eigenvalue weighted by atomic mass is 9.87. The number of carbonyl (C=O) groups is 4. The van der Waals surface area contributed by atoms with E-state index in [1.54, 1.807) is 44.2 Å². The predicted molar refractivity (Wildman–Crippen MR) is 155 cm³/mol. The second-order valence-electron chi connectivity index (χ2n) is 11.1. The van der Waals surface area contributed by atoms with E-state index in [4.69, 9.17) is 15.6 Å². The van der Waals surface area contributed by atoms with Gasteiger partial charge in [-0.1, -0.05) is 24.3 Å². The van der Waals surface area contributed by atoms with Gasteiger partial charge in [-0.3, -0.25) is 24.2 Å². The molecule has 43 heavy (non-hydrogen) atoms. The molecule has 12 heteroatoms. The lowest BCUT2D eigenvalue weighted by Gasteiger charge is -2.29. The number of hydrogen-bond acceptors (Lipinski definition) is 8. The minimum absolute atomic E-state index is 0.0218. The van der Waals surface area contributed by atoms with Gasteiger partial charge in [0.15, 0.2) is 0 Å². The molecule has 0 saturated carbocycles. The van der Waals surface area contributed by atoms with Crippen LogP contribution < -0.4 is 11.1 Å². The van der Waals surface area contributed by atoms with Crippen LogP contribution in [0.25, 0.3) is 11.0 Å². The number of ether oxygens (including phenoxy) is 1. The number of carboxylic acids is 1. The van der Waals surface area contributed by atoms with Crippen molar-refractivity contribution in [2.45, 2.75) is 76.5 Å². The zero-order chi connectivity index (χ0) is 31.6. The zero-order valence-electron chi connectivity index (χ0n) is 24.2. The molecule has 0 aliphatic carbocycles. The Labute approximate surface area is 248 Å². The third kappa shape index (κ3) is 10.7. The minimum Gasteiger partial charge on any atom is -0.481 e. The van der Waals surface area contributed by atoms with Crippen molar-refractivity contribution in [1.29, 1.82) is 0 Å². The molecule has 1 heterocycles. The summed E-state index contributed by atoms with van der Waals surface area (Å²) in [4.78, 5) is 57.0. The van der Waals surface area contributed by atoms with Gasteiger partial charge in [-0.15, -0.1) is 0 Å². The van der Waals surface area contributed by atoms with Crippen LogP contribution in [0.5, 0.6) is 0 Å². The smallest absolute Gasteiger partial charge is 0.306 e. The molecule has 0 radical (unpaired) electrons. The summed E-state index contributed by atoms with van der Waals surface area (Å²) < 4.78 is 19.4. The second kappa shape index (κ2) is 15.1. The molecule has 2 aromatic carbocycles. The van der Waals surface area contributed by atoms with Crippen molar-refractivity contribution in [3.8, 4) is 0 Å². The maximum atomic E-state index is 13.9. The molecular weight excluding hydrogens is 559 g/mol. The molecule has 3 atom stereocenters. The van der Waals surface area contributed by atoms with E-state index in [0.717, 1.165) is 0 Å². The standard InChI is InChI=1S/C31H37FN4O7/c1-31(2,43-28(40)12-6-11-27(38)39)14-13-20(29(33)41)17-26(37)24(16-19-7-5-8-21(32)15-19)36-30(42)25-18-34-22-9-3-4-10-23(22)35-25/h3-5,7-10,15,18,20,24,26,37H,6,11-14,16-17H2,1-2H3,(H2,33,41)(H,36,42)(H,38,39)/t20-,24+,26+/m1/s1. The number of nitrogens with two attached hydrogens (primary N) is 1. The molecule has 5 N–H and O–H groups in total. The minimum atomic E-state index is -1.26. The van der Waals surface area contributed by atoms with E-state index in [-0.39, 0.29) is 50.6 Å². The summed E-state index contributed by atoms with van der Waals surface area (Å²) in [5.74, 6) is -4.17. The van der Waals surface area contributed by atoms with Gasteiger partial charge in [-0.05, 0) is 75.8 Å². The van der Waals surface area contributed by atoms with E-state index >= 15 is 0 Å². The number of nitrogens with one attached hydrogen (secondary N) is 1. The van der Waals surface area contributed by atoms with E-state index in [0.29, 0.717) is 16.6 Å². The second-order valence-corrected chi connectivity index (χ2v) is 11.1. The van der Waals surface area contributed by atoms with E-state index in [1.807, 2.05) is 0 Å². The number of primary amides is 1. The molecule has 230 valence electrons. The Kier molecular flexibility index (Phi) is 11.6. The maximum Gasteiger partial charge on any atom is 0.306 e. The van der Waals surface area contributed by atoms with Crippen molar-refractivity contribution in [3.63, 3.8) is 0 Å². The highest BCUT2D eigenvalue weighted by Gasteiger charge is 2.31. The summed E-state index contributed by atoms with van der Waals surface area (Å²) in [6.45, 7) is 3.32. The zero-order valence-corrected chi connectivity index (χ0v) is 24.2. The van der Waals surface area contributed by atoms with Crippen LogP contribution in [0.2, 0.25) is 0 Å². The van der Waals surface area contributed by atoms with Crippen LogP contribution >= 0.6 is 0 Å². The van der Waals surface area contributed by atoms with Gasteiger partial charge in [0.05, 0.1) is 29.4 Å². The molecule has 0 bridgehead atoms. The van der Waals surface area contributed by atoms with Gasteiger partial charge in [0.2, 0.25) is 5.91 Å². The Morgan fingerprint density at radius 3 is 2.47 bits per heavy atom. The number of hydrogen-bond donors (Lipinski definition) is 4. The van der Waals surface area contributed by atoms with E-state index < -0.39 is 53.2 Å². The third-order valence-corrected chi connectivity index (χ3v) is 6.99. The number of carbonyl (C=O) groups excluding carboxylic acids is 3. The van der Waals surface area contributed by atoms with Gasteiger partial charge in [-0.2, -0.15) is 0 Å². The van der Waals surface area contributed by atoms with Crippen molar-refractivity contribution in [3.05, 3.63) is 71.8 Å². The largest absolute Gasteiger partial charge is 0.481 e.